The average Bonchev–Trinajstić information content (AvgIpc) is 2.75. The van der Waals surface area contributed by atoms with Gasteiger partial charge >= 0.3 is 0 Å². The number of halogens is 2. The molecular weight excluding hydrogens is 443 g/mol. The van der Waals surface area contributed by atoms with Crippen LogP contribution in [0.2, 0.25) is 5.02 Å². The van der Waals surface area contributed by atoms with E-state index in [0.717, 1.165) is 0 Å². The first-order valence-corrected chi connectivity index (χ1v) is 11.5. The van der Waals surface area contributed by atoms with Crippen LogP contribution < -0.4 is 5.32 Å². The number of hydrogen-bond acceptors (Lipinski definition) is 3. The highest BCUT2D eigenvalue weighted by Crippen LogP contribution is 2.48. The van der Waals surface area contributed by atoms with Crippen molar-refractivity contribution >= 4 is 23.4 Å². The van der Waals surface area contributed by atoms with Gasteiger partial charge in [0, 0.05) is 36.0 Å². The molecule has 0 spiro atoms. The SMILES string of the molecule is CC(C)(CC(=O)N1CC[C@@](CO)(c2ccc(Cl)c(F)c2)C(C)(C)C1)NC(=O)c1ccccc1. The van der Waals surface area contributed by atoms with Crippen LogP contribution in [-0.4, -0.2) is 47.1 Å². The lowest BCUT2D eigenvalue weighted by molar-refractivity contribution is -0.138. The van der Waals surface area contributed by atoms with Gasteiger partial charge in [-0.3, -0.25) is 9.59 Å². The van der Waals surface area contributed by atoms with Crippen LogP contribution in [0.4, 0.5) is 4.39 Å². The number of hydrogen-bond donors (Lipinski definition) is 2. The van der Waals surface area contributed by atoms with Crippen LogP contribution in [0.5, 0.6) is 0 Å². The van der Waals surface area contributed by atoms with Crippen LogP contribution in [-0.2, 0) is 10.2 Å². The van der Waals surface area contributed by atoms with Crippen molar-refractivity contribution in [1.82, 2.24) is 10.2 Å². The molecule has 3 rings (SSSR count). The number of rotatable bonds is 6. The summed E-state index contributed by atoms with van der Waals surface area (Å²) in [5.74, 6) is -0.820. The maximum Gasteiger partial charge on any atom is 0.251 e. The molecule has 5 nitrogen and oxygen atoms in total. The van der Waals surface area contributed by atoms with Gasteiger partial charge in [0.05, 0.1) is 11.6 Å². The van der Waals surface area contributed by atoms with Crippen LogP contribution in [0.3, 0.4) is 0 Å². The molecule has 0 bridgehead atoms. The van der Waals surface area contributed by atoms with Gasteiger partial charge in [-0.15, -0.1) is 0 Å². The van der Waals surface area contributed by atoms with Crippen LogP contribution in [0.15, 0.2) is 48.5 Å². The third-order valence-electron chi connectivity index (χ3n) is 6.87. The summed E-state index contributed by atoms with van der Waals surface area (Å²) < 4.78 is 14.2. The van der Waals surface area contributed by atoms with Gasteiger partial charge in [-0.05, 0) is 55.5 Å². The number of benzene rings is 2. The van der Waals surface area contributed by atoms with Crippen molar-refractivity contribution in [1.29, 1.82) is 0 Å². The number of nitrogens with one attached hydrogen (secondary N) is 1. The molecule has 33 heavy (non-hydrogen) atoms. The minimum Gasteiger partial charge on any atom is -0.395 e. The largest absolute Gasteiger partial charge is 0.395 e. The summed E-state index contributed by atoms with van der Waals surface area (Å²) in [6.45, 7) is 8.29. The van der Waals surface area contributed by atoms with Crippen molar-refractivity contribution < 1.29 is 19.1 Å². The second kappa shape index (κ2) is 9.43. The van der Waals surface area contributed by atoms with Gasteiger partial charge in [-0.25, -0.2) is 4.39 Å². The maximum absolute atomic E-state index is 14.2. The number of likely N-dealkylation sites (tertiary alicyclic amines) is 1. The van der Waals surface area contributed by atoms with E-state index < -0.39 is 22.2 Å². The number of aliphatic hydroxyl groups is 1. The lowest BCUT2D eigenvalue weighted by atomic mass is 9.58. The molecule has 2 aromatic carbocycles. The van der Waals surface area contributed by atoms with E-state index in [4.69, 9.17) is 11.6 Å². The number of nitrogens with zero attached hydrogens (tertiary/aromatic N) is 1. The van der Waals surface area contributed by atoms with Gasteiger partial charge in [0.25, 0.3) is 5.91 Å². The van der Waals surface area contributed by atoms with E-state index in [1.807, 2.05) is 33.8 Å². The fraction of sp³-hybridized carbons (Fsp3) is 0.462. The number of piperidine rings is 1. The highest BCUT2D eigenvalue weighted by Gasteiger charge is 2.50. The molecule has 7 heteroatoms. The number of aliphatic hydroxyl groups excluding tert-OH is 1. The van der Waals surface area contributed by atoms with E-state index in [9.17, 15) is 19.1 Å². The smallest absolute Gasteiger partial charge is 0.251 e. The predicted molar refractivity (Wildman–Crippen MR) is 128 cm³/mol. The summed E-state index contributed by atoms with van der Waals surface area (Å²) in [6.07, 6.45) is 0.628. The number of carbonyl (C=O) groups is 2. The number of amides is 2. The van der Waals surface area contributed by atoms with Crippen LogP contribution in [0.1, 0.15) is 56.5 Å². The molecule has 1 fully saturated rings. The monoisotopic (exact) mass is 474 g/mol. The van der Waals surface area contributed by atoms with Crippen LogP contribution in [0.25, 0.3) is 0 Å². The van der Waals surface area contributed by atoms with E-state index in [1.165, 1.54) is 12.1 Å². The number of carbonyl (C=O) groups excluding carboxylic acids is 2. The third-order valence-corrected chi connectivity index (χ3v) is 7.17. The molecule has 2 aromatic rings. The molecule has 178 valence electrons. The Balaban J connectivity index is 1.72. The van der Waals surface area contributed by atoms with E-state index in [-0.39, 0.29) is 29.9 Å². The van der Waals surface area contributed by atoms with E-state index in [0.29, 0.717) is 30.6 Å². The standard InChI is InChI=1S/C26H32ClFN2O3/c1-24(2)16-30(13-12-26(24,17-31)19-10-11-20(27)21(28)14-19)22(32)15-25(3,4)29-23(33)18-8-6-5-7-9-18/h5-11,14,31H,12-13,15-17H2,1-4H3,(H,29,33)/t26-/m1/s1. The first-order chi connectivity index (χ1) is 15.4. The minimum atomic E-state index is -0.737. The molecule has 1 atom stereocenters. The second-order valence-corrected chi connectivity index (χ2v) is 10.6. The minimum absolute atomic E-state index is 0.0389. The van der Waals surface area contributed by atoms with Crippen molar-refractivity contribution in [3.8, 4) is 0 Å². The summed E-state index contributed by atoms with van der Waals surface area (Å²) in [5, 5.41) is 13.4. The van der Waals surface area contributed by atoms with Crippen LogP contribution in [0, 0.1) is 11.2 Å². The normalized spacial score (nSPS) is 20.4. The molecule has 2 amide bonds. The van der Waals surface area contributed by atoms with Crippen molar-refractivity contribution in [2.24, 2.45) is 5.41 Å². The Morgan fingerprint density at radius 2 is 1.85 bits per heavy atom. The molecule has 0 saturated carbocycles. The van der Waals surface area contributed by atoms with E-state index in [1.54, 1.807) is 35.2 Å². The Bertz CT molecular complexity index is 1030. The summed E-state index contributed by atoms with van der Waals surface area (Å²) in [7, 11) is 0. The Morgan fingerprint density at radius 3 is 2.42 bits per heavy atom. The summed E-state index contributed by atoms with van der Waals surface area (Å²) in [6, 6.07) is 13.5. The van der Waals surface area contributed by atoms with Gasteiger partial charge < -0.3 is 15.3 Å². The molecule has 0 radical (unpaired) electrons. The molecular formula is C26H32ClFN2O3. The van der Waals surface area contributed by atoms with Crippen molar-refractivity contribution in [2.45, 2.75) is 51.5 Å². The van der Waals surface area contributed by atoms with E-state index >= 15 is 0 Å². The molecule has 0 unspecified atom stereocenters. The second-order valence-electron chi connectivity index (χ2n) is 10.2. The maximum atomic E-state index is 14.2. The van der Waals surface area contributed by atoms with Crippen LogP contribution >= 0.6 is 11.6 Å². The Kier molecular flexibility index (Phi) is 7.20. The molecule has 0 aromatic heterocycles. The highest BCUT2D eigenvalue weighted by molar-refractivity contribution is 6.30. The zero-order valence-corrected chi connectivity index (χ0v) is 20.4. The molecule has 1 aliphatic heterocycles. The molecule has 0 aliphatic carbocycles. The zero-order valence-electron chi connectivity index (χ0n) is 19.6. The van der Waals surface area contributed by atoms with Gasteiger partial charge in [0.15, 0.2) is 0 Å². The highest BCUT2D eigenvalue weighted by atomic mass is 35.5. The van der Waals surface area contributed by atoms with Crippen molar-refractivity contribution in [3.05, 3.63) is 70.5 Å². The lowest BCUT2D eigenvalue weighted by Crippen LogP contribution is -2.59. The van der Waals surface area contributed by atoms with Gasteiger partial charge in [-0.1, -0.05) is 49.7 Å². The lowest BCUT2D eigenvalue weighted by Gasteiger charge is -2.53. The molecule has 1 saturated heterocycles. The third kappa shape index (κ3) is 5.22. The van der Waals surface area contributed by atoms with Crippen molar-refractivity contribution in [3.63, 3.8) is 0 Å². The van der Waals surface area contributed by atoms with Crippen molar-refractivity contribution in [2.75, 3.05) is 19.7 Å². The van der Waals surface area contributed by atoms with Gasteiger partial charge in [-0.2, -0.15) is 0 Å². The average molecular weight is 475 g/mol. The van der Waals surface area contributed by atoms with Gasteiger partial charge in [0.2, 0.25) is 5.91 Å². The first-order valence-electron chi connectivity index (χ1n) is 11.1. The zero-order chi connectivity index (χ0) is 24.4. The molecule has 1 heterocycles. The molecule has 1 aliphatic rings. The Morgan fingerprint density at radius 1 is 1.18 bits per heavy atom. The Hall–Kier alpha value is -2.44. The fourth-order valence-electron chi connectivity index (χ4n) is 4.80. The Labute approximate surface area is 199 Å². The van der Waals surface area contributed by atoms with Gasteiger partial charge in [0.1, 0.15) is 5.82 Å². The summed E-state index contributed by atoms with van der Waals surface area (Å²) in [4.78, 5) is 27.5. The topological polar surface area (TPSA) is 69.6 Å². The summed E-state index contributed by atoms with van der Waals surface area (Å²) in [5.41, 5.74) is -0.738. The fourth-order valence-corrected chi connectivity index (χ4v) is 4.92. The quantitative estimate of drug-likeness (QED) is 0.644. The first kappa shape index (κ1) is 25.2. The van der Waals surface area contributed by atoms with E-state index in [2.05, 4.69) is 5.32 Å². The molecule has 2 N–H and O–H groups in total. The predicted octanol–water partition coefficient (Wildman–Crippen LogP) is 4.57. The summed E-state index contributed by atoms with van der Waals surface area (Å²) >= 11 is 5.86.